The quantitative estimate of drug-likeness (QED) is 0.670. The average molecular weight is 226 g/mol. The first-order valence-electron chi connectivity index (χ1n) is 5.19. The molecule has 2 heterocycles. The molecule has 3 rings (SSSR count). The Kier molecular flexibility index (Phi) is 2.01. The highest BCUT2D eigenvalue weighted by Gasteiger charge is 2.05. The molecule has 0 radical (unpaired) electrons. The second-order valence-corrected chi connectivity index (χ2v) is 3.83. The fourth-order valence-electron chi connectivity index (χ4n) is 1.78. The van der Waals surface area contributed by atoms with E-state index in [1.165, 1.54) is 0 Å². The SMILES string of the molecule is Oc1cccc(-c2cn3cc(O)ccc3n2)c1. The highest BCUT2D eigenvalue weighted by atomic mass is 16.3. The summed E-state index contributed by atoms with van der Waals surface area (Å²) < 4.78 is 1.74. The Morgan fingerprint density at radius 1 is 0.941 bits per heavy atom. The van der Waals surface area contributed by atoms with Gasteiger partial charge in [-0.2, -0.15) is 0 Å². The van der Waals surface area contributed by atoms with Crippen LogP contribution >= 0.6 is 0 Å². The van der Waals surface area contributed by atoms with Gasteiger partial charge in [0.1, 0.15) is 17.1 Å². The highest BCUT2D eigenvalue weighted by molar-refractivity contribution is 5.64. The number of phenols is 1. The topological polar surface area (TPSA) is 57.8 Å². The Labute approximate surface area is 97.4 Å². The predicted molar refractivity (Wildman–Crippen MR) is 64.0 cm³/mol. The fourth-order valence-corrected chi connectivity index (χ4v) is 1.78. The summed E-state index contributed by atoms with van der Waals surface area (Å²) >= 11 is 0. The number of imidazole rings is 1. The third kappa shape index (κ3) is 1.69. The zero-order valence-electron chi connectivity index (χ0n) is 8.91. The third-order valence-corrected chi connectivity index (χ3v) is 2.58. The number of benzene rings is 1. The zero-order valence-corrected chi connectivity index (χ0v) is 8.91. The lowest BCUT2D eigenvalue weighted by molar-refractivity contribution is 0.472. The number of phenolic OH excluding ortho intramolecular Hbond substituents is 1. The first-order valence-corrected chi connectivity index (χ1v) is 5.19. The molecular formula is C13H10N2O2. The minimum atomic E-state index is 0.192. The summed E-state index contributed by atoms with van der Waals surface area (Å²) in [6, 6.07) is 10.2. The lowest BCUT2D eigenvalue weighted by atomic mass is 10.2. The van der Waals surface area contributed by atoms with E-state index in [2.05, 4.69) is 4.98 Å². The molecular weight excluding hydrogens is 216 g/mol. The second-order valence-electron chi connectivity index (χ2n) is 3.83. The molecule has 0 saturated heterocycles. The maximum atomic E-state index is 9.42. The molecule has 0 amide bonds. The van der Waals surface area contributed by atoms with Crippen LogP contribution < -0.4 is 0 Å². The van der Waals surface area contributed by atoms with Crippen molar-refractivity contribution in [3.05, 3.63) is 48.8 Å². The van der Waals surface area contributed by atoms with Crippen molar-refractivity contribution in [3.63, 3.8) is 0 Å². The molecule has 4 nitrogen and oxygen atoms in total. The number of nitrogens with zero attached hydrogens (tertiary/aromatic N) is 2. The maximum absolute atomic E-state index is 9.42. The summed E-state index contributed by atoms with van der Waals surface area (Å²) in [5, 5.41) is 18.8. The molecule has 84 valence electrons. The van der Waals surface area contributed by atoms with Crippen molar-refractivity contribution in [2.75, 3.05) is 0 Å². The third-order valence-electron chi connectivity index (χ3n) is 2.58. The molecule has 0 fully saturated rings. The number of fused-ring (bicyclic) bond motifs is 1. The lowest BCUT2D eigenvalue weighted by Crippen LogP contribution is -1.79. The van der Waals surface area contributed by atoms with Gasteiger partial charge in [0.05, 0.1) is 11.9 Å². The van der Waals surface area contributed by atoms with Gasteiger partial charge >= 0.3 is 0 Å². The van der Waals surface area contributed by atoms with E-state index in [-0.39, 0.29) is 11.5 Å². The summed E-state index contributed by atoms with van der Waals surface area (Å²) in [4.78, 5) is 4.41. The number of aromatic nitrogens is 2. The average Bonchev–Trinajstić information content (AvgIpc) is 2.72. The van der Waals surface area contributed by atoms with Crippen LogP contribution in [0.5, 0.6) is 11.5 Å². The Morgan fingerprint density at radius 2 is 1.82 bits per heavy atom. The number of pyridine rings is 1. The Bertz CT molecular complexity index is 689. The summed E-state index contributed by atoms with van der Waals surface area (Å²) in [6.07, 6.45) is 3.40. The van der Waals surface area contributed by atoms with Crippen LogP contribution in [0.25, 0.3) is 16.9 Å². The van der Waals surface area contributed by atoms with Crippen LogP contribution in [-0.4, -0.2) is 19.6 Å². The van der Waals surface area contributed by atoms with Crippen LogP contribution in [0.2, 0.25) is 0 Å². The minimum absolute atomic E-state index is 0.192. The second kappa shape index (κ2) is 3.52. The molecule has 17 heavy (non-hydrogen) atoms. The van der Waals surface area contributed by atoms with Crippen molar-refractivity contribution < 1.29 is 10.2 Å². The number of hydrogen-bond donors (Lipinski definition) is 2. The van der Waals surface area contributed by atoms with Gasteiger partial charge in [-0.05, 0) is 24.3 Å². The monoisotopic (exact) mass is 226 g/mol. The van der Waals surface area contributed by atoms with Gasteiger partial charge in [-0.3, -0.25) is 0 Å². The van der Waals surface area contributed by atoms with E-state index >= 15 is 0 Å². The first kappa shape index (κ1) is 9.72. The molecule has 0 aliphatic heterocycles. The van der Waals surface area contributed by atoms with Crippen molar-refractivity contribution in [3.8, 4) is 22.8 Å². The molecule has 0 saturated carbocycles. The molecule has 0 unspecified atom stereocenters. The summed E-state index contributed by atoms with van der Waals surface area (Å²) in [7, 11) is 0. The lowest BCUT2D eigenvalue weighted by Gasteiger charge is -1.96. The molecule has 0 spiro atoms. The Morgan fingerprint density at radius 3 is 2.65 bits per heavy atom. The molecule has 0 aliphatic carbocycles. The Hall–Kier alpha value is -2.49. The van der Waals surface area contributed by atoms with Crippen LogP contribution in [0.4, 0.5) is 0 Å². The number of aromatic hydroxyl groups is 2. The van der Waals surface area contributed by atoms with Gasteiger partial charge in [-0.1, -0.05) is 12.1 Å². The van der Waals surface area contributed by atoms with Crippen molar-refractivity contribution in [2.24, 2.45) is 0 Å². The predicted octanol–water partition coefficient (Wildman–Crippen LogP) is 2.41. The molecule has 2 N–H and O–H groups in total. The van der Waals surface area contributed by atoms with Gasteiger partial charge < -0.3 is 14.6 Å². The molecule has 2 aromatic heterocycles. The summed E-state index contributed by atoms with van der Waals surface area (Å²) in [5.41, 5.74) is 2.35. The van der Waals surface area contributed by atoms with Gasteiger partial charge in [-0.25, -0.2) is 4.98 Å². The largest absolute Gasteiger partial charge is 0.508 e. The van der Waals surface area contributed by atoms with Gasteiger partial charge in [-0.15, -0.1) is 0 Å². The van der Waals surface area contributed by atoms with Crippen molar-refractivity contribution >= 4 is 5.65 Å². The molecule has 0 atom stereocenters. The smallest absolute Gasteiger partial charge is 0.137 e. The maximum Gasteiger partial charge on any atom is 0.137 e. The first-order chi connectivity index (χ1) is 8.22. The highest BCUT2D eigenvalue weighted by Crippen LogP contribution is 2.23. The van der Waals surface area contributed by atoms with Crippen LogP contribution in [0.1, 0.15) is 0 Å². The van der Waals surface area contributed by atoms with Gasteiger partial charge in [0.25, 0.3) is 0 Å². The van der Waals surface area contributed by atoms with Crippen LogP contribution in [0.3, 0.4) is 0 Å². The van der Waals surface area contributed by atoms with E-state index in [0.717, 1.165) is 16.9 Å². The molecule has 4 heteroatoms. The molecule has 1 aromatic carbocycles. The fraction of sp³-hybridized carbons (Fsp3) is 0. The van der Waals surface area contributed by atoms with Crippen LogP contribution in [0.15, 0.2) is 48.8 Å². The van der Waals surface area contributed by atoms with Crippen molar-refractivity contribution in [2.45, 2.75) is 0 Å². The molecule has 0 bridgehead atoms. The van der Waals surface area contributed by atoms with Gasteiger partial charge in [0.2, 0.25) is 0 Å². The normalized spacial score (nSPS) is 10.8. The van der Waals surface area contributed by atoms with E-state index in [0.29, 0.717) is 0 Å². The Balaban J connectivity index is 2.18. The van der Waals surface area contributed by atoms with E-state index < -0.39 is 0 Å². The summed E-state index contributed by atoms with van der Waals surface area (Å²) in [5.74, 6) is 0.403. The van der Waals surface area contributed by atoms with Crippen LogP contribution in [0, 0.1) is 0 Å². The zero-order chi connectivity index (χ0) is 11.8. The van der Waals surface area contributed by atoms with E-state index in [4.69, 9.17) is 0 Å². The van der Waals surface area contributed by atoms with E-state index in [9.17, 15) is 10.2 Å². The van der Waals surface area contributed by atoms with Crippen molar-refractivity contribution in [1.29, 1.82) is 0 Å². The molecule has 3 aromatic rings. The number of rotatable bonds is 1. The van der Waals surface area contributed by atoms with Gasteiger partial charge in [0.15, 0.2) is 0 Å². The summed E-state index contributed by atoms with van der Waals surface area (Å²) in [6.45, 7) is 0. The molecule has 0 aliphatic rings. The van der Waals surface area contributed by atoms with Crippen molar-refractivity contribution in [1.82, 2.24) is 9.38 Å². The van der Waals surface area contributed by atoms with E-state index in [1.807, 2.05) is 12.3 Å². The van der Waals surface area contributed by atoms with Crippen LogP contribution in [-0.2, 0) is 0 Å². The van der Waals surface area contributed by atoms with E-state index in [1.54, 1.807) is 40.9 Å². The standard InChI is InChI=1S/C13H10N2O2/c16-10-3-1-2-9(6-10)12-8-15-7-11(17)4-5-13(15)14-12/h1-8,16-17H. The van der Waals surface area contributed by atoms with Gasteiger partial charge in [0, 0.05) is 11.8 Å². The minimum Gasteiger partial charge on any atom is -0.508 e. The number of hydrogen-bond acceptors (Lipinski definition) is 3.